The van der Waals surface area contributed by atoms with Crippen LogP contribution in [0.3, 0.4) is 0 Å². The Kier molecular flexibility index (Phi) is 4.13. The number of anilines is 1. The molecule has 0 aliphatic carbocycles. The van der Waals surface area contributed by atoms with E-state index in [1.54, 1.807) is 0 Å². The van der Waals surface area contributed by atoms with E-state index < -0.39 is 0 Å². The first kappa shape index (κ1) is 15.0. The minimum absolute atomic E-state index is 0.0781. The Balaban J connectivity index is 1.95. The number of carbonyl (C=O) groups is 1. The molecule has 2 aromatic rings. The molecule has 1 aromatic carbocycles. The van der Waals surface area contributed by atoms with Crippen molar-refractivity contribution in [2.45, 2.75) is 39.5 Å². The summed E-state index contributed by atoms with van der Waals surface area (Å²) in [5, 5.41) is 6.26. The van der Waals surface area contributed by atoms with E-state index in [2.05, 4.69) is 34.0 Å². The van der Waals surface area contributed by atoms with Crippen molar-refractivity contribution in [2.24, 2.45) is 0 Å². The third-order valence-corrected chi connectivity index (χ3v) is 3.75. The zero-order valence-corrected chi connectivity index (χ0v) is 13.2. The summed E-state index contributed by atoms with van der Waals surface area (Å²) in [4.78, 5) is 15.8. The maximum Gasteiger partial charge on any atom is 0.221 e. The SMILES string of the molecule is CC(=O)Nc1ccc2c(c1)nc1n2[C@@H](CNC(C)C)COC1. The predicted octanol–water partition coefficient (Wildman–Crippen LogP) is 2.06. The molecular weight excluding hydrogens is 280 g/mol. The first-order valence-electron chi connectivity index (χ1n) is 7.64. The van der Waals surface area contributed by atoms with Crippen molar-refractivity contribution in [3.05, 3.63) is 24.0 Å². The van der Waals surface area contributed by atoms with Gasteiger partial charge in [0, 0.05) is 25.2 Å². The topological polar surface area (TPSA) is 68.2 Å². The second-order valence-corrected chi connectivity index (χ2v) is 6.01. The van der Waals surface area contributed by atoms with Crippen LogP contribution in [0, 0.1) is 0 Å². The number of rotatable bonds is 4. The van der Waals surface area contributed by atoms with E-state index in [1.165, 1.54) is 6.92 Å². The Morgan fingerprint density at radius 2 is 2.32 bits per heavy atom. The fourth-order valence-electron chi connectivity index (χ4n) is 2.82. The molecule has 1 aromatic heterocycles. The van der Waals surface area contributed by atoms with Crippen LogP contribution < -0.4 is 10.6 Å². The fraction of sp³-hybridized carbons (Fsp3) is 0.500. The van der Waals surface area contributed by atoms with E-state index >= 15 is 0 Å². The first-order chi connectivity index (χ1) is 10.5. The van der Waals surface area contributed by atoms with Crippen molar-refractivity contribution >= 4 is 22.6 Å². The molecular formula is C16H22N4O2. The smallest absolute Gasteiger partial charge is 0.221 e. The summed E-state index contributed by atoms with van der Waals surface area (Å²) < 4.78 is 7.93. The number of aromatic nitrogens is 2. The predicted molar refractivity (Wildman–Crippen MR) is 85.9 cm³/mol. The van der Waals surface area contributed by atoms with E-state index in [-0.39, 0.29) is 11.9 Å². The van der Waals surface area contributed by atoms with Crippen LogP contribution in [-0.4, -0.2) is 34.7 Å². The summed E-state index contributed by atoms with van der Waals surface area (Å²) in [6, 6.07) is 6.52. The second-order valence-electron chi connectivity index (χ2n) is 6.01. The van der Waals surface area contributed by atoms with Gasteiger partial charge in [0.15, 0.2) is 0 Å². The summed E-state index contributed by atoms with van der Waals surface area (Å²) >= 11 is 0. The van der Waals surface area contributed by atoms with Gasteiger partial charge in [-0.3, -0.25) is 4.79 Å². The first-order valence-corrected chi connectivity index (χ1v) is 7.64. The largest absolute Gasteiger partial charge is 0.371 e. The number of carbonyl (C=O) groups excluding carboxylic acids is 1. The van der Waals surface area contributed by atoms with Crippen molar-refractivity contribution in [1.82, 2.24) is 14.9 Å². The van der Waals surface area contributed by atoms with E-state index in [4.69, 9.17) is 4.74 Å². The highest BCUT2D eigenvalue weighted by atomic mass is 16.5. The third kappa shape index (κ3) is 2.98. The number of benzene rings is 1. The van der Waals surface area contributed by atoms with Crippen molar-refractivity contribution in [3.63, 3.8) is 0 Å². The Labute approximate surface area is 129 Å². The molecule has 0 fully saturated rings. The van der Waals surface area contributed by atoms with Gasteiger partial charge in [0.1, 0.15) is 12.4 Å². The maximum atomic E-state index is 11.2. The van der Waals surface area contributed by atoms with Gasteiger partial charge in [0.05, 0.1) is 23.7 Å². The molecule has 118 valence electrons. The lowest BCUT2D eigenvalue weighted by molar-refractivity contribution is -0.114. The molecule has 1 aliphatic rings. The standard InChI is InChI=1S/C16H22N4O2/c1-10(2)17-7-13-8-22-9-16-19-14-6-12(18-11(3)21)4-5-15(14)20(13)16/h4-6,10,13,17H,7-9H2,1-3H3,(H,18,21)/t13-/m0/s1. The van der Waals surface area contributed by atoms with Gasteiger partial charge in [-0.15, -0.1) is 0 Å². The highest BCUT2D eigenvalue weighted by Gasteiger charge is 2.24. The lowest BCUT2D eigenvalue weighted by Crippen LogP contribution is -2.35. The Morgan fingerprint density at radius 1 is 1.50 bits per heavy atom. The quantitative estimate of drug-likeness (QED) is 0.907. The van der Waals surface area contributed by atoms with Gasteiger partial charge < -0.3 is 19.9 Å². The lowest BCUT2D eigenvalue weighted by Gasteiger charge is -2.27. The van der Waals surface area contributed by atoms with Crippen molar-refractivity contribution in [3.8, 4) is 0 Å². The number of fused-ring (bicyclic) bond motifs is 3. The molecule has 2 heterocycles. The zero-order valence-electron chi connectivity index (χ0n) is 13.2. The molecule has 6 nitrogen and oxygen atoms in total. The van der Waals surface area contributed by atoms with Crippen LogP contribution in [0.1, 0.15) is 32.6 Å². The van der Waals surface area contributed by atoms with Crippen molar-refractivity contribution in [2.75, 3.05) is 18.5 Å². The number of nitrogens with zero attached hydrogens (tertiary/aromatic N) is 2. The summed E-state index contributed by atoms with van der Waals surface area (Å²) in [5.41, 5.74) is 2.75. The van der Waals surface area contributed by atoms with Crippen LogP contribution in [0.25, 0.3) is 11.0 Å². The van der Waals surface area contributed by atoms with E-state index in [0.29, 0.717) is 19.3 Å². The van der Waals surface area contributed by atoms with Gasteiger partial charge in [-0.05, 0) is 18.2 Å². The zero-order chi connectivity index (χ0) is 15.7. The molecule has 2 N–H and O–H groups in total. The van der Waals surface area contributed by atoms with E-state index in [9.17, 15) is 4.79 Å². The Hall–Kier alpha value is -1.92. The summed E-state index contributed by atoms with van der Waals surface area (Å²) in [6.07, 6.45) is 0. The second kappa shape index (κ2) is 6.06. The molecule has 1 amide bonds. The number of imidazole rings is 1. The minimum atomic E-state index is -0.0781. The molecule has 1 aliphatic heterocycles. The highest BCUT2D eigenvalue weighted by Crippen LogP contribution is 2.27. The normalized spacial score (nSPS) is 17.7. The Morgan fingerprint density at radius 3 is 3.05 bits per heavy atom. The average Bonchev–Trinajstić information content (AvgIpc) is 2.82. The summed E-state index contributed by atoms with van der Waals surface area (Å²) in [6.45, 7) is 7.84. The van der Waals surface area contributed by atoms with Crippen molar-refractivity contribution in [1.29, 1.82) is 0 Å². The molecule has 6 heteroatoms. The van der Waals surface area contributed by atoms with Crippen LogP contribution in [0.2, 0.25) is 0 Å². The molecule has 1 atom stereocenters. The highest BCUT2D eigenvalue weighted by molar-refractivity contribution is 5.91. The number of nitrogens with one attached hydrogen (secondary N) is 2. The van der Waals surface area contributed by atoms with Gasteiger partial charge in [0.25, 0.3) is 0 Å². The summed E-state index contributed by atoms with van der Waals surface area (Å²) in [5.74, 6) is 0.863. The number of hydrogen-bond donors (Lipinski definition) is 2. The van der Waals surface area contributed by atoms with E-state index in [0.717, 1.165) is 29.1 Å². The molecule has 22 heavy (non-hydrogen) atoms. The van der Waals surface area contributed by atoms with Crippen LogP contribution in [-0.2, 0) is 16.1 Å². The van der Waals surface area contributed by atoms with Crippen LogP contribution in [0.5, 0.6) is 0 Å². The van der Waals surface area contributed by atoms with Crippen LogP contribution in [0.4, 0.5) is 5.69 Å². The number of amides is 1. The molecule has 0 saturated heterocycles. The number of ether oxygens (including phenoxy) is 1. The maximum absolute atomic E-state index is 11.2. The molecule has 0 spiro atoms. The van der Waals surface area contributed by atoms with Gasteiger partial charge in [-0.2, -0.15) is 0 Å². The van der Waals surface area contributed by atoms with Gasteiger partial charge in [0.2, 0.25) is 5.91 Å². The minimum Gasteiger partial charge on any atom is -0.371 e. The monoisotopic (exact) mass is 302 g/mol. The summed E-state index contributed by atoms with van der Waals surface area (Å²) in [7, 11) is 0. The van der Waals surface area contributed by atoms with Gasteiger partial charge in [-0.1, -0.05) is 13.8 Å². The fourth-order valence-corrected chi connectivity index (χ4v) is 2.82. The van der Waals surface area contributed by atoms with Crippen molar-refractivity contribution < 1.29 is 9.53 Å². The molecule has 0 bridgehead atoms. The lowest BCUT2D eigenvalue weighted by atomic mass is 10.2. The molecule has 0 radical (unpaired) electrons. The molecule has 0 saturated carbocycles. The van der Waals surface area contributed by atoms with Crippen LogP contribution in [0.15, 0.2) is 18.2 Å². The molecule has 0 unspecified atom stereocenters. The van der Waals surface area contributed by atoms with Gasteiger partial charge >= 0.3 is 0 Å². The number of hydrogen-bond acceptors (Lipinski definition) is 4. The van der Waals surface area contributed by atoms with Crippen LogP contribution >= 0.6 is 0 Å². The Bertz CT molecular complexity index is 693. The third-order valence-electron chi connectivity index (χ3n) is 3.75. The average molecular weight is 302 g/mol. The van der Waals surface area contributed by atoms with Gasteiger partial charge in [-0.25, -0.2) is 4.98 Å². The molecule has 3 rings (SSSR count). The van der Waals surface area contributed by atoms with E-state index in [1.807, 2.05) is 18.2 Å².